The maximum absolute atomic E-state index is 12.3. The highest BCUT2D eigenvalue weighted by atomic mass is 16.2. The van der Waals surface area contributed by atoms with Gasteiger partial charge < -0.3 is 10.2 Å². The Morgan fingerprint density at radius 1 is 1.27 bits per heavy atom. The molecule has 1 atom stereocenters. The van der Waals surface area contributed by atoms with Crippen LogP contribution in [0.1, 0.15) is 44.1 Å². The quantitative estimate of drug-likeness (QED) is 0.928. The lowest BCUT2D eigenvalue weighted by molar-refractivity contribution is -0.124. The highest BCUT2D eigenvalue weighted by molar-refractivity contribution is 5.83. The highest BCUT2D eigenvalue weighted by Gasteiger charge is 2.58. The Hall–Kier alpha value is -1.65. The molecule has 3 fully saturated rings. The molecule has 1 aromatic rings. The van der Waals surface area contributed by atoms with E-state index in [-0.39, 0.29) is 11.3 Å². The topological polar surface area (TPSA) is 58.1 Å². The van der Waals surface area contributed by atoms with Crippen molar-refractivity contribution >= 4 is 11.9 Å². The van der Waals surface area contributed by atoms with E-state index in [0.717, 1.165) is 43.9 Å². The van der Waals surface area contributed by atoms with Crippen molar-refractivity contribution in [1.29, 1.82) is 0 Å². The Morgan fingerprint density at radius 3 is 2.55 bits per heavy atom. The van der Waals surface area contributed by atoms with Gasteiger partial charge in [-0.1, -0.05) is 0 Å². The number of piperidine rings is 1. The van der Waals surface area contributed by atoms with Crippen LogP contribution in [0.4, 0.5) is 5.95 Å². The van der Waals surface area contributed by atoms with E-state index in [1.165, 1.54) is 19.3 Å². The third-order valence-electron chi connectivity index (χ3n) is 5.77. The smallest absolute Gasteiger partial charge is 0.225 e. The van der Waals surface area contributed by atoms with E-state index in [1.54, 1.807) is 0 Å². The van der Waals surface area contributed by atoms with Gasteiger partial charge in [0.2, 0.25) is 11.9 Å². The molecular formula is C17H24N4O. The SMILES string of the molecule is Cc1cnc(N2CCC3(CC2)CC3C(=O)NC2CCC2)nc1. The van der Waals surface area contributed by atoms with Crippen LogP contribution >= 0.6 is 0 Å². The average Bonchev–Trinajstić information content (AvgIpc) is 3.18. The maximum Gasteiger partial charge on any atom is 0.225 e. The minimum absolute atomic E-state index is 0.259. The summed E-state index contributed by atoms with van der Waals surface area (Å²) in [4.78, 5) is 23.4. The monoisotopic (exact) mass is 300 g/mol. The van der Waals surface area contributed by atoms with Crippen LogP contribution in [0.5, 0.6) is 0 Å². The van der Waals surface area contributed by atoms with Crippen molar-refractivity contribution in [3.8, 4) is 0 Å². The number of nitrogens with zero attached hydrogens (tertiary/aromatic N) is 3. The molecule has 1 aliphatic heterocycles. The lowest BCUT2D eigenvalue weighted by Gasteiger charge is -2.33. The van der Waals surface area contributed by atoms with Crippen molar-refractivity contribution in [2.24, 2.45) is 11.3 Å². The summed E-state index contributed by atoms with van der Waals surface area (Å²) in [7, 11) is 0. The van der Waals surface area contributed by atoms with E-state index in [4.69, 9.17) is 0 Å². The fraction of sp³-hybridized carbons (Fsp3) is 0.706. The summed E-state index contributed by atoms with van der Waals surface area (Å²) in [5, 5.41) is 3.22. The number of rotatable bonds is 3. The summed E-state index contributed by atoms with van der Waals surface area (Å²) in [6.07, 6.45) is 10.6. The van der Waals surface area contributed by atoms with E-state index >= 15 is 0 Å². The van der Waals surface area contributed by atoms with Gasteiger partial charge in [-0.2, -0.15) is 0 Å². The molecule has 0 aromatic carbocycles. The maximum atomic E-state index is 12.3. The first-order valence-corrected chi connectivity index (χ1v) is 8.50. The van der Waals surface area contributed by atoms with Gasteiger partial charge in [0.05, 0.1) is 0 Å². The van der Waals surface area contributed by atoms with Crippen molar-refractivity contribution in [1.82, 2.24) is 15.3 Å². The fourth-order valence-corrected chi connectivity index (χ4v) is 3.83. The number of carbonyl (C=O) groups is 1. The Bertz CT molecular complexity index is 559. The van der Waals surface area contributed by atoms with Crippen LogP contribution < -0.4 is 10.2 Å². The largest absolute Gasteiger partial charge is 0.353 e. The number of aryl methyl sites for hydroxylation is 1. The molecule has 1 aromatic heterocycles. The Balaban J connectivity index is 1.32. The lowest BCUT2D eigenvalue weighted by atomic mass is 9.89. The van der Waals surface area contributed by atoms with Crippen molar-refractivity contribution in [3.63, 3.8) is 0 Å². The molecule has 118 valence electrons. The standard InChI is InChI=1S/C17H24N4O/c1-12-10-18-16(19-11-12)21-7-5-17(6-8-21)9-14(17)15(22)20-13-3-2-4-13/h10-11,13-14H,2-9H2,1H3,(H,20,22). The zero-order chi connectivity index (χ0) is 15.2. The molecule has 22 heavy (non-hydrogen) atoms. The normalized spacial score (nSPS) is 26.6. The molecule has 1 unspecified atom stereocenters. The minimum Gasteiger partial charge on any atom is -0.353 e. The summed E-state index contributed by atoms with van der Waals surface area (Å²) < 4.78 is 0. The number of aromatic nitrogens is 2. The van der Waals surface area contributed by atoms with Crippen LogP contribution in [0.3, 0.4) is 0 Å². The molecule has 5 nitrogen and oxygen atoms in total. The third kappa shape index (κ3) is 2.46. The van der Waals surface area contributed by atoms with Crippen LogP contribution in [0.15, 0.2) is 12.4 Å². The average molecular weight is 300 g/mol. The van der Waals surface area contributed by atoms with Gasteiger partial charge in [-0.25, -0.2) is 9.97 Å². The third-order valence-corrected chi connectivity index (χ3v) is 5.77. The molecule has 4 rings (SSSR count). The van der Waals surface area contributed by atoms with Crippen LogP contribution in [0.2, 0.25) is 0 Å². The molecule has 0 radical (unpaired) electrons. The lowest BCUT2D eigenvalue weighted by Crippen LogP contribution is -2.42. The van der Waals surface area contributed by atoms with Gasteiger partial charge in [0, 0.05) is 37.4 Å². The van der Waals surface area contributed by atoms with Gasteiger partial charge >= 0.3 is 0 Å². The minimum atomic E-state index is 0.259. The second-order valence-corrected chi connectivity index (χ2v) is 7.30. The van der Waals surface area contributed by atoms with Gasteiger partial charge in [-0.05, 0) is 56.4 Å². The van der Waals surface area contributed by atoms with Crippen molar-refractivity contribution in [3.05, 3.63) is 18.0 Å². The molecule has 1 N–H and O–H groups in total. The first kappa shape index (κ1) is 14.0. The molecule has 2 saturated carbocycles. The molecule has 5 heteroatoms. The first-order chi connectivity index (χ1) is 10.7. The molecule has 1 saturated heterocycles. The summed E-state index contributed by atoms with van der Waals surface area (Å²) in [6, 6.07) is 0.464. The zero-order valence-corrected chi connectivity index (χ0v) is 13.2. The Kier molecular flexibility index (Phi) is 3.31. The molecule has 0 bridgehead atoms. The second kappa shape index (κ2) is 5.21. The molecule has 2 aliphatic carbocycles. The van der Waals surface area contributed by atoms with Gasteiger partial charge in [0.15, 0.2) is 0 Å². The summed E-state index contributed by atoms with van der Waals surface area (Å²) in [5.41, 5.74) is 1.36. The van der Waals surface area contributed by atoms with E-state index in [1.807, 2.05) is 19.3 Å². The van der Waals surface area contributed by atoms with Crippen molar-refractivity contribution in [2.45, 2.75) is 51.5 Å². The summed E-state index contributed by atoms with van der Waals surface area (Å²) >= 11 is 0. The summed E-state index contributed by atoms with van der Waals surface area (Å²) in [6.45, 7) is 3.94. The summed E-state index contributed by atoms with van der Waals surface area (Å²) in [5.74, 6) is 1.40. The van der Waals surface area contributed by atoms with Gasteiger partial charge in [-0.15, -0.1) is 0 Å². The Labute approximate surface area is 131 Å². The first-order valence-electron chi connectivity index (χ1n) is 8.50. The van der Waals surface area contributed by atoms with E-state index in [9.17, 15) is 4.79 Å². The van der Waals surface area contributed by atoms with E-state index in [0.29, 0.717) is 11.9 Å². The number of hydrogen-bond acceptors (Lipinski definition) is 4. The number of nitrogens with one attached hydrogen (secondary N) is 1. The van der Waals surface area contributed by atoms with E-state index in [2.05, 4.69) is 20.2 Å². The van der Waals surface area contributed by atoms with Crippen LogP contribution in [-0.4, -0.2) is 35.0 Å². The molecule has 1 spiro atoms. The predicted octanol–water partition coefficient (Wildman–Crippen LogP) is 2.06. The van der Waals surface area contributed by atoms with Crippen molar-refractivity contribution in [2.75, 3.05) is 18.0 Å². The van der Waals surface area contributed by atoms with Gasteiger partial charge in [-0.3, -0.25) is 4.79 Å². The number of hydrogen-bond donors (Lipinski definition) is 1. The van der Waals surface area contributed by atoms with Gasteiger partial charge in [0.1, 0.15) is 0 Å². The molecule has 3 aliphatic rings. The van der Waals surface area contributed by atoms with Crippen LogP contribution in [0, 0.1) is 18.3 Å². The Morgan fingerprint density at radius 2 is 1.95 bits per heavy atom. The van der Waals surface area contributed by atoms with Crippen LogP contribution in [-0.2, 0) is 4.79 Å². The molecule has 1 amide bonds. The van der Waals surface area contributed by atoms with E-state index < -0.39 is 0 Å². The molecule has 2 heterocycles. The molecular weight excluding hydrogens is 276 g/mol. The van der Waals surface area contributed by atoms with Crippen LogP contribution in [0.25, 0.3) is 0 Å². The van der Waals surface area contributed by atoms with Crippen molar-refractivity contribution < 1.29 is 4.79 Å². The zero-order valence-electron chi connectivity index (χ0n) is 13.2. The number of amides is 1. The number of anilines is 1. The van der Waals surface area contributed by atoms with Gasteiger partial charge in [0.25, 0.3) is 0 Å². The predicted molar refractivity (Wildman–Crippen MR) is 84.5 cm³/mol. The number of carbonyl (C=O) groups excluding carboxylic acids is 1. The fourth-order valence-electron chi connectivity index (χ4n) is 3.83. The second-order valence-electron chi connectivity index (χ2n) is 7.30. The highest BCUT2D eigenvalue weighted by Crippen LogP contribution is 2.59.